The van der Waals surface area contributed by atoms with Crippen molar-refractivity contribution in [2.24, 2.45) is 11.3 Å². The van der Waals surface area contributed by atoms with Gasteiger partial charge in [-0.25, -0.2) is 19.2 Å². The molecule has 19 heteroatoms. The zero-order valence-electron chi connectivity index (χ0n) is 43.4. The lowest BCUT2D eigenvalue weighted by molar-refractivity contribution is -0.340. The second-order valence-electron chi connectivity index (χ2n) is 21.6. The maximum absolute atomic E-state index is 15.1. The monoisotopic (exact) mass is 1060 g/mol. The van der Waals surface area contributed by atoms with Gasteiger partial charge in [0.05, 0.1) is 29.6 Å². The van der Waals surface area contributed by atoms with Crippen molar-refractivity contribution in [3.8, 4) is 11.1 Å². The van der Waals surface area contributed by atoms with Gasteiger partial charge in [0.15, 0.2) is 11.4 Å². The summed E-state index contributed by atoms with van der Waals surface area (Å²) >= 11 is 0. The molecule has 19 nitrogen and oxygen atoms in total. The highest BCUT2D eigenvalue weighted by Crippen LogP contribution is 2.61. The van der Waals surface area contributed by atoms with Crippen molar-refractivity contribution in [1.82, 2.24) is 10.6 Å². The first-order valence-corrected chi connectivity index (χ1v) is 25.5. The summed E-state index contributed by atoms with van der Waals surface area (Å²) in [5.74, 6) is -7.08. The minimum Gasteiger partial charge on any atom is -0.455 e. The molecule has 2 amide bonds. The summed E-state index contributed by atoms with van der Waals surface area (Å²) in [6.07, 6.45) is -13.6. The molecule has 77 heavy (non-hydrogen) atoms. The fourth-order valence-corrected chi connectivity index (χ4v) is 11.8. The third-order valence-corrected chi connectivity index (χ3v) is 15.5. The molecule has 1 aliphatic heterocycles. The summed E-state index contributed by atoms with van der Waals surface area (Å²) < 4.78 is 41.4. The Morgan fingerprint density at radius 3 is 2.04 bits per heavy atom. The van der Waals surface area contributed by atoms with Crippen LogP contribution in [-0.4, -0.2) is 130 Å². The minimum atomic E-state index is -2.38. The Bertz CT molecular complexity index is 2950. The van der Waals surface area contributed by atoms with E-state index in [9.17, 15) is 39.3 Å². The van der Waals surface area contributed by atoms with Crippen LogP contribution in [0.1, 0.15) is 99.8 Å². The number of benzene rings is 4. The molecule has 2 saturated carbocycles. The summed E-state index contributed by atoms with van der Waals surface area (Å²) in [4.78, 5) is 98.2. The van der Waals surface area contributed by atoms with E-state index in [4.69, 9.17) is 33.2 Å². The van der Waals surface area contributed by atoms with E-state index in [1.165, 1.54) is 26.0 Å². The number of carbonyl (C=O) groups excluding carboxylic acids is 7. The summed E-state index contributed by atoms with van der Waals surface area (Å²) in [6, 6.07) is 29.6. The van der Waals surface area contributed by atoms with Crippen molar-refractivity contribution in [2.75, 3.05) is 19.8 Å². The van der Waals surface area contributed by atoms with Gasteiger partial charge in [-0.05, 0) is 85.7 Å². The van der Waals surface area contributed by atoms with E-state index in [0.717, 1.165) is 29.2 Å². The first kappa shape index (κ1) is 54.3. The van der Waals surface area contributed by atoms with Crippen molar-refractivity contribution in [3.63, 3.8) is 0 Å². The molecule has 11 atom stereocenters. The standard InChI is InChI=1S/C58H62N2O17/c1-31-39-26-57(70,50(75-51(66)34-19-11-8-12-20-34)48-56(6,49(65)46(39)64)42(62)25-43-58(48,30-72-43)76-32(2)61)27-41(31)73-52(67)47(45(33-17-9-7-10-18-33)60-54(69)77-55(3,4)5)74-44(63)28-59-53(68)71-29-40-37-23-15-13-21-35(37)36-22-14-16-24-38(36)40/h7-24,40-43,45-48,50,62,64,70H,25-30H2,1-6H3,(H,59,68)(H,60,69)/t41-,42-,43?,45-,46+,47+,48?,50?,56?,57+,58-/m0/s1. The van der Waals surface area contributed by atoms with Gasteiger partial charge in [-0.1, -0.05) is 97.1 Å². The second kappa shape index (κ2) is 21.2. The number of hydrogen-bond donors (Lipinski definition) is 5. The van der Waals surface area contributed by atoms with Gasteiger partial charge >= 0.3 is 36.1 Å². The number of nitrogens with one attached hydrogen (secondary N) is 2. The number of fused-ring (bicyclic) bond motifs is 8. The Morgan fingerprint density at radius 1 is 0.831 bits per heavy atom. The lowest BCUT2D eigenvalue weighted by Crippen LogP contribution is -2.80. The van der Waals surface area contributed by atoms with Crippen LogP contribution in [-0.2, 0) is 52.3 Å². The van der Waals surface area contributed by atoms with Crippen LogP contribution in [0.15, 0.2) is 120 Å². The number of amides is 2. The quantitative estimate of drug-likeness (QED) is 0.0609. The maximum atomic E-state index is 15.1. The van der Waals surface area contributed by atoms with Gasteiger partial charge in [0.1, 0.15) is 54.8 Å². The second-order valence-corrected chi connectivity index (χ2v) is 21.6. The van der Waals surface area contributed by atoms with Gasteiger partial charge in [-0.2, -0.15) is 0 Å². The first-order chi connectivity index (χ1) is 36.5. The molecule has 406 valence electrons. The first-order valence-electron chi connectivity index (χ1n) is 25.5. The SMILES string of the molecule is CC(=O)O[C@@]12COC1C[C@H](O)C1(C)C(=O)[C@H](O)C3=C(C)[C@@H](OC(=O)[C@H](OC(=O)CNC(=O)OCC4c5ccccc5-c5ccccc54)[C@@H](NC(=O)OC(C)(C)C)c4ccccc4)C[C@](O)(C3)C(OC(=O)c3ccccc3)C12. The molecule has 0 aromatic heterocycles. The van der Waals surface area contributed by atoms with Gasteiger partial charge in [0.2, 0.25) is 6.10 Å². The van der Waals surface area contributed by atoms with Gasteiger partial charge in [-0.3, -0.25) is 14.4 Å². The van der Waals surface area contributed by atoms with E-state index in [2.05, 4.69) is 10.6 Å². The third kappa shape index (κ3) is 10.4. The Kier molecular flexibility index (Phi) is 14.9. The number of Topliss-reactive ketones (excluding diaryl/α,β-unsaturated/α-hetero) is 1. The lowest BCUT2D eigenvalue weighted by atomic mass is 9.48. The molecule has 1 heterocycles. The smallest absolute Gasteiger partial charge is 0.408 e. The number of hydrogen-bond acceptors (Lipinski definition) is 17. The maximum Gasteiger partial charge on any atom is 0.408 e. The number of alkyl carbamates (subject to hydrolysis) is 2. The van der Waals surface area contributed by atoms with Gasteiger partial charge in [0, 0.05) is 32.1 Å². The summed E-state index contributed by atoms with van der Waals surface area (Å²) in [5, 5.41) is 42.4. The van der Waals surface area contributed by atoms with Crippen LogP contribution in [0, 0.1) is 11.3 Å². The molecule has 5 aliphatic rings. The molecular weight excluding hydrogens is 997 g/mol. The van der Waals surface area contributed by atoms with Crippen LogP contribution in [0.5, 0.6) is 0 Å². The summed E-state index contributed by atoms with van der Waals surface area (Å²) in [7, 11) is 0. The van der Waals surface area contributed by atoms with Crippen LogP contribution in [0.25, 0.3) is 11.1 Å². The number of aliphatic hydroxyl groups is 3. The normalized spacial score (nSPS) is 27.9. The van der Waals surface area contributed by atoms with Gasteiger partial charge in [0.25, 0.3) is 0 Å². The van der Waals surface area contributed by atoms with E-state index in [1.54, 1.807) is 69.3 Å². The molecular formula is C58H62N2O17. The molecule has 4 aromatic rings. The largest absolute Gasteiger partial charge is 0.455 e. The van der Waals surface area contributed by atoms with Crippen LogP contribution < -0.4 is 10.6 Å². The molecule has 0 radical (unpaired) electrons. The number of carbonyl (C=O) groups is 7. The topological polar surface area (TPSA) is 269 Å². The number of aliphatic hydroxyl groups excluding tert-OH is 2. The third-order valence-electron chi connectivity index (χ3n) is 15.5. The summed E-state index contributed by atoms with van der Waals surface area (Å²) in [5.41, 5.74) is -3.10. The van der Waals surface area contributed by atoms with Crippen LogP contribution in [0.3, 0.4) is 0 Å². The zero-order valence-corrected chi connectivity index (χ0v) is 43.4. The molecule has 4 unspecified atom stereocenters. The fraction of sp³-hybridized carbons (Fsp3) is 0.431. The van der Waals surface area contributed by atoms with Crippen LogP contribution in [0.4, 0.5) is 9.59 Å². The number of rotatable bonds is 13. The van der Waals surface area contributed by atoms with Crippen molar-refractivity contribution < 1.29 is 82.0 Å². The average Bonchev–Trinajstić information content (AvgIpc) is 3.94. The van der Waals surface area contributed by atoms with Crippen molar-refractivity contribution >= 4 is 41.8 Å². The predicted molar refractivity (Wildman–Crippen MR) is 271 cm³/mol. The van der Waals surface area contributed by atoms with Crippen molar-refractivity contribution in [1.29, 1.82) is 0 Å². The number of esters is 4. The van der Waals surface area contributed by atoms with Crippen LogP contribution >= 0.6 is 0 Å². The Morgan fingerprint density at radius 2 is 1.44 bits per heavy atom. The van der Waals surface area contributed by atoms with E-state index < -0.39 is 132 Å². The Hall–Kier alpha value is -7.45. The Balaban J connectivity index is 1.04. The molecule has 4 aliphatic carbocycles. The van der Waals surface area contributed by atoms with E-state index >= 15 is 9.59 Å². The predicted octanol–water partition coefficient (Wildman–Crippen LogP) is 5.71. The van der Waals surface area contributed by atoms with Crippen LogP contribution in [0.2, 0.25) is 0 Å². The molecule has 4 aromatic carbocycles. The van der Waals surface area contributed by atoms with E-state index in [0.29, 0.717) is 0 Å². The van der Waals surface area contributed by atoms with Gasteiger partial charge < -0.3 is 59.1 Å². The molecule has 3 fully saturated rings. The molecule has 0 spiro atoms. The highest BCUT2D eigenvalue weighted by Gasteiger charge is 2.76. The lowest BCUT2D eigenvalue weighted by Gasteiger charge is -2.65. The minimum absolute atomic E-state index is 0.0403. The molecule has 2 bridgehead atoms. The zero-order chi connectivity index (χ0) is 55.2. The Labute approximate surface area is 444 Å². The highest BCUT2D eigenvalue weighted by molar-refractivity contribution is 5.94. The molecule has 9 rings (SSSR count). The average molecular weight is 1060 g/mol. The number of ether oxygens (including phenoxy) is 7. The molecule has 5 N–H and O–H groups in total. The van der Waals surface area contributed by atoms with Crippen molar-refractivity contribution in [2.45, 2.75) is 126 Å². The van der Waals surface area contributed by atoms with E-state index in [1.807, 2.05) is 48.5 Å². The van der Waals surface area contributed by atoms with E-state index in [-0.39, 0.29) is 47.8 Å². The van der Waals surface area contributed by atoms with Gasteiger partial charge in [-0.15, -0.1) is 0 Å². The summed E-state index contributed by atoms with van der Waals surface area (Å²) in [6.45, 7) is 7.55. The highest BCUT2D eigenvalue weighted by atomic mass is 16.6. The number of ketones is 1. The van der Waals surface area contributed by atoms with Crippen molar-refractivity contribution in [3.05, 3.63) is 143 Å². The molecule has 1 saturated heterocycles. The fourth-order valence-electron chi connectivity index (χ4n) is 11.8.